The Labute approximate surface area is 161 Å². The van der Waals surface area contributed by atoms with Crippen molar-refractivity contribution in [2.45, 2.75) is 65.0 Å². The second-order valence-electron chi connectivity index (χ2n) is 6.77. The molecule has 1 heterocycles. The van der Waals surface area contributed by atoms with Gasteiger partial charge in [0, 0.05) is 18.0 Å². The first-order valence-corrected chi connectivity index (χ1v) is 9.37. The van der Waals surface area contributed by atoms with Crippen molar-refractivity contribution in [1.82, 2.24) is 15.6 Å². The minimum Gasteiger partial charge on any atom is -0.354 e. The summed E-state index contributed by atoms with van der Waals surface area (Å²) in [6, 6.07) is 0.592. The van der Waals surface area contributed by atoms with Gasteiger partial charge in [0.15, 0.2) is 5.96 Å². The molecule has 0 aromatic carbocycles. The summed E-state index contributed by atoms with van der Waals surface area (Å²) in [4.78, 5) is 10.2. The van der Waals surface area contributed by atoms with Gasteiger partial charge in [-0.1, -0.05) is 19.3 Å². The number of aliphatic imine (C=N–C) groups is 1. The van der Waals surface area contributed by atoms with Crippen LogP contribution in [0.3, 0.4) is 0 Å². The van der Waals surface area contributed by atoms with Gasteiger partial charge >= 0.3 is 0 Å². The fourth-order valence-electron chi connectivity index (χ4n) is 4.12. The van der Waals surface area contributed by atoms with Crippen molar-refractivity contribution in [3.05, 3.63) is 15.6 Å². The SMILES string of the molecule is CN=C(NCc1sc(C)nc1C)NC1CCC2CCCC2C1.I. The van der Waals surface area contributed by atoms with E-state index in [1.807, 2.05) is 7.05 Å². The maximum absolute atomic E-state index is 4.49. The number of guanidine groups is 1. The number of thiazole rings is 1. The molecule has 2 fully saturated rings. The average molecular weight is 448 g/mol. The molecule has 2 aliphatic rings. The molecule has 1 aromatic rings. The summed E-state index contributed by atoms with van der Waals surface area (Å²) in [5.74, 6) is 2.90. The molecule has 2 N–H and O–H groups in total. The number of aryl methyl sites for hydroxylation is 2. The Balaban J connectivity index is 0.00000192. The molecule has 0 aliphatic heterocycles. The molecule has 6 heteroatoms. The third-order valence-electron chi connectivity index (χ3n) is 5.27. The van der Waals surface area contributed by atoms with Crippen molar-refractivity contribution in [2.75, 3.05) is 7.05 Å². The Morgan fingerprint density at radius 2 is 2.00 bits per heavy atom. The maximum Gasteiger partial charge on any atom is 0.191 e. The zero-order valence-electron chi connectivity index (χ0n) is 14.4. The molecule has 3 unspecified atom stereocenters. The minimum absolute atomic E-state index is 0. The van der Waals surface area contributed by atoms with Gasteiger partial charge < -0.3 is 10.6 Å². The monoisotopic (exact) mass is 448 g/mol. The van der Waals surface area contributed by atoms with E-state index in [0.29, 0.717) is 6.04 Å². The highest BCUT2D eigenvalue weighted by atomic mass is 127. The number of hydrogen-bond acceptors (Lipinski definition) is 3. The van der Waals surface area contributed by atoms with E-state index in [1.54, 1.807) is 11.3 Å². The van der Waals surface area contributed by atoms with Gasteiger partial charge in [0.05, 0.1) is 17.2 Å². The molecular weight excluding hydrogens is 419 g/mol. The van der Waals surface area contributed by atoms with E-state index in [0.717, 1.165) is 35.0 Å². The zero-order valence-corrected chi connectivity index (χ0v) is 17.5. The number of nitrogens with zero attached hydrogens (tertiary/aromatic N) is 2. The Morgan fingerprint density at radius 3 is 2.70 bits per heavy atom. The van der Waals surface area contributed by atoms with Crippen molar-refractivity contribution in [1.29, 1.82) is 0 Å². The molecule has 4 nitrogen and oxygen atoms in total. The quantitative estimate of drug-likeness (QED) is 0.418. The summed E-state index contributed by atoms with van der Waals surface area (Å²) in [7, 11) is 1.86. The Hall–Kier alpha value is -0.370. The van der Waals surface area contributed by atoms with Crippen molar-refractivity contribution in [3.63, 3.8) is 0 Å². The van der Waals surface area contributed by atoms with Crippen LogP contribution in [-0.4, -0.2) is 24.0 Å². The highest BCUT2D eigenvalue weighted by Crippen LogP contribution is 2.41. The van der Waals surface area contributed by atoms with Gasteiger partial charge in [-0.05, 0) is 44.9 Å². The van der Waals surface area contributed by atoms with Crippen LogP contribution >= 0.6 is 35.3 Å². The summed E-state index contributed by atoms with van der Waals surface area (Å²) in [5, 5.41) is 8.23. The second-order valence-corrected chi connectivity index (χ2v) is 8.06. The average Bonchev–Trinajstić information content (AvgIpc) is 3.09. The van der Waals surface area contributed by atoms with Gasteiger partial charge in [-0.25, -0.2) is 4.98 Å². The maximum atomic E-state index is 4.49. The summed E-state index contributed by atoms with van der Waals surface area (Å²) >= 11 is 1.77. The summed E-state index contributed by atoms with van der Waals surface area (Å²) in [6.45, 7) is 4.96. The van der Waals surface area contributed by atoms with Gasteiger partial charge in [-0.2, -0.15) is 0 Å². The third-order valence-corrected chi connectivity index (χ3v) is 6.34. The molecule has 23 heavy (non-hydrogen) atoms. The fraction of sp³-hybridized carbons (Fsp3) is 0.765. The Morgan fingerprint density at radius 1 is 1.22 bits per heavy atom. The van der Waals surface area contributed by atoms with E-state index >= 15 is 0 Å². The van der Waals surface area contributed by atoms with Crippen LogP contribution in [-0.2, 0) is 6.54 Å². The Kier molecular flexibility index (Phi) is 7.13. The molecule has 130 valence electrons. The van der Waals surface area contributed by atoms with Crippen LogP contribution in [0.1, 0.15) is 54.1 Å². The van der Waals surface area contributed by atoms with Gasteiger partial charge in [-0.3, -0.25) is 4.99 Å². The van der Waals surface area contributed by atoms with Crippen molar-refractivity contribution in [3.8, 4) is 0 Å². The van der Waals surface area contributed by atoms with Crippen molar-refractivity contribution < 1.29 is 0 Å². The lowest BCUT2D eigenvalue weighted by Crippen LogP contribution is -2.45. The van der Waals surface area contributed by atoms with Crippen molar-refractivity contribution in [2.24, 2.45) is 16.8 Å². The number of hydrogen-bond donors (Lipinski definition) is 2. The summed E-state index contributed by atoms with van der Waals surface area (Å²) in [6.07, 6.45) is 8.36. The predicted molar refractivity (Wildman–Crippen MR) is 109 cm³/mol. The van der Waals surface area contributed by atoms with E-state index in [9.17, 15) is 0 Å². The molecule has 3 rings (SSSR count). The van der Waals surface area contributed by atoms with E-state index in [4.69, 9.17) is 0 Å². The van der Waals surface area contributed by atoms with Gasteiger partial charge in [0.25, 0.3) is 0 Å². The van der Waals surface area contributed by atoms with Gasteiger partial charge in [0.2, 0.25) is 0 Å². The lowest BCUT2D eigenvalue weighted by atomic mass is 9.79. The molecule has 2 saturated carbocycles. The highest BCUT2D eigenvalue weighted by molar-refractivity contribution is 14.0. The zero-order chi connectivity index (χ0) is 15.5. The molecule has 0 saturated heterocycles. The standard InChI is InChI=1S/C17H28N4S.HI/c1-11-16(22-12(2)20-11)10-19-17(18-3)21-15-8-7-13-5-4-6-14(13)9-15;/h13-15H,4-10H2,1-3H3,(H2,18,19,21);1H. The van der Waals surface area contributed by atoms with E-state index in [-0.39, 0.29) is 24.0 Å². The van der Waals surface area contributed by atoms with Crippen LogP contribution in [0.5, 0.6) is 0 Å². The second kappa shape index (κ2) is 8.65. The number of halogens is 1. The number of rotatable bonds is 3. The summed E-state index contributed by atoms with van der Waals surface area (Å²) < 4.78 is 0. The largest absolute Gasteiger partial charge is 0.354 e. The first-order chi connectivity index (χ1) is 10.7. The van der Waals surface area contributed by atoms with Crippen LogP contribution in [0.25, 0.3) is 0 Å². The Bertz CT molecular complexity index is 543. The number of fused-ring (bicyclic) bond motifs is 1. The van der Waals surface area contributed by atoms with Crippen molar-refractivity contribution >= 4 is 41.3 Å². The van der Waals surface area contributed by atoms with Gasteiger partial charge in [-0.15, -0.1) is 35.3 Å². The van der Waals surface area contributed by atoms with E-state index in [1.165, 1.54) is 43.4 Å². The molecule has 0 amide bonds. The molecular formula is C17H29IN4S. The van der Waals surface area contributed by atoms with E-state index in [2.05, 4.69) is 34.5 Å². The fourth-order valence-corrected chi connectivity index (χ4v) is 5.00. The smallest absolute Gasteiger partial charge is 0.191 e. The van der Waals surface area contributed by atoms with Crippen LogP contribution in [0.15, 0.2) is 4.99 Å². The lowest BCUT2D eigenvalue weighted by Gasteiger charge is -2.33. The molecule has 0 radical (unpaired) electrons. The summed E-state index contributed by atoms with van der Waals surface area (Å²) in [5.41, 5.74) is 1.14. The molecule has 3 atom stereocenters. The number of nitrogens with one attached hydrogen (secondary N) is 2. The molecule has 0 bridgehead atoms. The van der Waals surface area contributed by atoms with Gasteiger partial charge in [0.1, 0.15) is 0 Å². The minimum atomic E-state index is 0. The molecule has 1 aromatic heterocycles. The first kappa shape index (κ1) is 19.0. The topological polar surface area (TPSA) is 49.3 Å². The van der Waals surface area contributed by atoms with Crippen LogP contribution < -0.4 is 10.6 Å². The predicted octanol–water partition coefficient (Wildman–Crippen LogP) is 4.01. The first-order valence-electron chi connectivity index (χ1n) is 8.55. The number of aromatic nitrogens is 1. The lowest BCUT2D eigenvalue weighted by molar-refractivity contribution is 0.239. The van der Waals surface area contributed by atoms with Crippen LogP contribution in [0, 0.1) is 25.7 Å². The van der Waals surface area contributed by atoms with E-state index < -0.39 is 0 Å². The molecule has 0 spiro atoms. The van der Waals surface area contributed by atoms with Crippen LogP contribution in [0.4, 0.5) is 0 Å². The third kappa shape index (κ3) is 4.81. The normalized spacial score (nSPS) is 27.3. The van der Waals surface area contributed by atoms with Crippen LogP contribution in [0.2, 0.25) is 0 Å². The highest BCUT2D eigenvalue weighted by Gasteiger charge is 2.33. The molecule has 2 aliphatic carbocycles.